The summed E-state index contributed by atoms with van der Waals surface area (Å²) in [5.41, 5.74) is 2.29. The molecule has 7 nitrogen and oxygen atoms in total. The Morgan fingerprint density at radius 3 is 2.71 bits per heavy atom. The monoisotopic (exact) mass is 409 g/mol. The van der Waals surface area contributed by atoms with Crippen LogP contribution in [0.4, 0.5) is 0 Å². The molecule has 0 bridgehead atoms. The number of hydrogen-bond donors (Lipinski definition) is 1. The van der Waals surface area contributed by atoms with E-state index in [-0.39, 0.29) is 17.6 Å². The first-order valence-electron chi connectivity index (χ1n) is 10.1. The number of ether oxygens (including phenoxy) is 1. The van der Waals surface area contributed by atoms with Gasteiger partial charge in [-0.3, -0.25) is 9.69 Å². The average molecular weight is 410 g/mol. The van der Waals surface area contributed by atoms with E-state index in [1.165, 1.54) is 9.87 Å². The Morgan fingerprint density at radius 2 is 1.96 bits per heavy atom. The number of sulfonamides is 1. The van der Waals surface area contributed by atoms with Crippen LogP contribution in [0.5, 0.6) is 0 Å². The van der Waals surface area contributed by atoms with Crippen molar-refractivity contribution in [3.05, 3.63) is 35.4 Å². The summed E-state index contributed by atoms with van der Waals surface area (Å²) in [4.78, 5) is 14.9. The number of rotatable bonds is 7. The molecule has 2 saturated heterocycles. The number of morpholine rings is 1. The lowest BCUT2D eigenvalue weighted by Gasteiger charge is -2.31. The van der Waals surface area contributed by atoms with Crippen LogP contribution in [0.2, 0.25) is 0 Å². The van der Waals surface area contributed by atoms with Gasteiger partial charge in [0.25, 0.3) is 0 Å². The van der Waals surface area contributed by atoms with Crippen molar-refractivity contribution in [3.63, 3.8) is 0 Å². The van der Waals surface area contributed by atoms with Crippen LogP contribution in [0.15, 0.2) is 24.3 Å². The van der Waals surface area contributed by atoms with Crippen LogP contribution in [-0.2, 0) is 32.6 Å². The smallest absolute Gasteiger partial charge is 0.224 e. The molecule has 1 aromatic rings. The molecule has 1 amide bonds. The maximum absolute atomic E-state index is 12.6. The second-order valence-electron chi connectivity index (χ2n) is 7.52. The van der Waals surface area contributed by atoms with E-state index in [1.54, 1.807) is 6.92 Å². The lowest BCUT2D eigenvalue weighted by molar-refractivity contribution is -0.126. The molecular formula is C20H31N3O4S. The number of hydrogen-bond acceptors (Lipinski definition) is 5. The second kappa shape index (κ2) is 9.82. The average Bonchev–Trinajstić information content (AvgIpc) is 2.73. The number of nitrogens with one attached hydrogen (secondary N) is 1. The molecule has 2 fully saturated rings. The Kier molecular flexibility index (Phi) is 7.45. The summed E-state index contributed by atoms with van der Waals surface area (Å²) in [7, 11) is -3.23. The summed E-state index contributed by atoms with van der Waals surface area (Å²) in [5, 5.41) is 3.00. The van der Waals surface area contributed by atoms with Gasteiger partial charge >= 0.3 is 0 Å². The summed E-state index contributed by atoms with van der Waals surface area (Å²) < 4.78 is 31.0. The lowest BCUT2D eigenvalue weighted by atomic mass is 9.98. The number of benzene rings is 1. The van der Waals surface area contributed by atoms with Gasteiger partial charge in [0, 0.05) is 39.3 Å². The minimum absolute atomic E-state index is 0.0606. The normalized spacial score (nSPS) is 22.1. The summed E-state index contributed by atoms with van der Waals surface area (Å²) in [6.07, 6.45) is 1.46. The molecule has 28 heavy (non-hydrogen) atoms. The quantitative estimate of drug-likeness (QED) is 0.732. The fraction of sp³-hybridized carbons (Fsp3) is 0.650. The molecule has 1 aromatic carbocycles. The van der Waals surface area contributed by atoms with Crippen LogP contribution in [0.3, 0.4) is 0 Å². The van der Waals surface area contributed by atoms with Gasteiger partial charge in [-0.05, 0) is 30.9 Å². The summed E-state index contributed by atoms with van der Waals surface area (Å²) >= 11 is 0. The molecule has 0 spiro atoms. The zero-order chi connectivity index (χ0) is 20.0. The van der Waals surface area contributed by atoms with Gasteiger partial charge < -0.3 is 10.1 Å². The number of carbonyl (C=O) groups is 1. The number of piperidine rings is 1. The molecule has 0 aliphatic carbocycles. The van der Waals surface area contributed by atoms with Crippen LogP contribution in [-0.4, -0.2) is 68.7 Å². The zero-order valence-electron chi connectivity index (χ0n) is 16.6. The third-order valence-electron chi connectivity index (χ3n) is 5.48. The van der Waals surface area contributed by atoms with Gasteiger partial charge in [-0.1, -0.05) is 24.3 Å². The Hall–Kier alpha value is -1.48. The van der Waals surface area contributed by atoms with Crippen LogP contribution < -0.4 is 5.32 Å². The van der Waals surface area contributed by atoms with Crippen molar-refractivity contribution in [2.24, 2.45) is 5.92 Å². The van der Waals surface area contributed by atoms with Gasteiger partial charge in [0.2, 0.25) is 15.9 Å². The topological polar surface area (TPSA) is 79.0 Å². The molecule has 1 N–H and O–H groups in total. The standard InChI is InChI=1S/C20H31N3O4S/c1-2-28(25,26)23-8-4-7-19(16-23)20(24)21-14-17-5-3-6-18(13-17)15-22-9-11-27-12-10-22/h3,5-6,13,19H,2,4,7-12,14-16H2,1H3,(H,21,24). The maximum atomic E-state index is 12.6. The van der Waals surface area contributed by atoms with Gasteiger partial charge in [0.15, 0.2) is 0 Å². The Labute approximate surface area is 168 Å². The first-order valence-corrected chi connectivity index (χ1v) is 11.7. The molecule has 8 heteroatoms. The maximum Gasteiger partial charge on any atom is 0.224 e. The Morgan fingerprint density at radius 1 is 1.21 bits per heavy atom. The highest BCUT2D eigenvalue weighted by atomic mass is 32.2. The predicted octanol–water partition coefficient (Wildman–Crippen LogP) is 1.20. The molecule has 2 aliphatic rings. The summed E-state index contributed by atoms with van der Waals surface area (Å²) in [5.74, 6) is -0.252. The molecule has 0 radical (unpaired) electrons. The van der Waals surface area contributed by atoms with Gasteiger partial charge in [-0.2, -0.15) is 0 Å². The number of amides is 1. The van der Waals surface area contributed by atoms with E-state index in [0.717, 1.165) is 51.3 Å². The highest BCUT2D eigenvalue weighted by Crippen LogP contribution is 2.20. The van der Waals surface area contributed by atoms with Crippen molar-refractivity contribution < 1.29 is 17.9 Å². The van der Waals surface area contributed by atoms with Gasteiger partial charge in [-0.15, -0.1) is 0 Å². The number of nitrogens with zero attached hydrogens (tertiary/aromatic N) is 2. The van der Waals surface area contributed by atoms with Crippen molar-refractivity contribution in [3.8, 4) is 0 Å². The molecule has 0 aromatic heterocycles. The first kappa shape index (κ1) is 21.2. The molecule has 156 valence electrons. The van der Waals surface area contributed by atoms with E-state index < -0.39 is 10.0 Å². The van der Waals surface area contributed by atoms with Crippen LogP contribution >= 0.6 is 0 Å². The molecule has 2 heterocycles. The van der Waals surface area contributed by atoms with Gasteiger partial charge in [0.1, 0.15) is 0 Å². The van der Waals surface area contributed by atoms with E-state index in [4.69, 9.17) is 4.74 Å². The highest BCUT2D eigenvalue weighted by molar-refractivity contribution is 7.89. The van der Waals surface area contributed by atoms with Crippen LogP contribution in [0.25, 0.3) is 0 Å². The minimum Gasteiger partial charge on any atom is -0.379 e. The van der Waals surface area contributed by atoms with Crippen molar-refractivity contribution in [1.82, 2.24) is 14.5 Å². The minimum atomic E-state index is -3.23. The van der Waals surface area contributed by atoms with E-state index in [0.29, 0.717) is 19.6 Å². The SMILES string of the molecule is CCS(=O)(=O)N1CCCC(C(=O)NCc2cccc(CN3CCOCC3)c2)C1. The molecular weight excluding hydrogens is 378 g/mol. The largest absolute Gasteiger partial charge is 0.379 e. The second-order valence-corrected chi connectivity index (χ2v) is 9.78. The van der Waals surface area contributed by atoms with Crippen molar-refractivity contribution in [1.29, 1.82) is 0 Å². The van der Waals surface area contributed by atoms with Crippen LogP contribution in [0.1, 0.15) is 30.9 Å². The fourth-order valence-corrected chi connectivity index (χ4v) is 4.96. The third-order valence-corrected chi connectivity index (χ3v) is 7.33. The van der Waals surface area contributed by atoms with Crippen LogP contribution in [0, 0.1) is 5.92 Å². The molecule has 3 rings (SSSR count). The van der Waals surface area contributed by atoms with E-state index in [1.807, 2.05) is 12.1 Å². The summed E-state index contributed by atoms with van der Waals surface area (Å²) in [6, 6.07) is 8.27. The predicted molar refractivity (Wildman–Crippen MR) is 108 cm³/mol. The Balaban J connectivity index is 1.52. The van der Waals surface area contributed by atoms with E-state index in [2.05, 4.69) is 22.3 Å². The Bertz CT molecular complexity index is 762. The summed E-state index contributed by atoms with van der Waals surface area (Å²) in [6.45, 7) is 7.25. The van der Waals surface area contributed by atoms with E-state index in [9.17, 15) is 13.2 Å². The number of carbonyl (C=O) groups excluding carboxylic acids is 1. The van der Waals surface area contributed by atoms with Gasteiger partial charge in [-0.25, -0.2) is 12.7 Å². The fourth-order valence-electron chi connectivity index (χ4n) is 3.78. The highest BCUT2D eigenvalue weighted by Gasteiger charge is 2.31. The van der Waals surface area contributed by atoms with Crippen molar-refractivity contribution >= 4 is 15.9 Å². The zero-order valence-corrected chi connectivity index (χ0v) is 17.4. The third kappa shape index (κ3) is 5.76. The molecule has 2 aliphatic heterocycles. The van der Waals surface area contributed by atoms with Gasteiger partial charge in [0.05, 0.1) is 24.9 Å². The van der Waals surface area contributed by atoms with E-state index >= 15 is 0 Å². The molecule has 0 saturated carbocycles. The first-order chi connectivity index (χ1) is 13.5. The molecule has 1 unspecified atom stereocenters. The lowest BCUT2D eigenvalue weighted by Crippen LogP contribution is -2.45. The van der Waals surface area contributed by atoms with Crippen molar-refractivity contribution in [2.45, 2.75) is 32.9 Å². The molecule has 1 atom stereocenters. The van der Waals surface area contributed by atoms with Crippen molar-refractivity contribution in [2.75, 3.05) is 45.1 Å².